The molecule has 2 aliphatic rings. The lowest BCUT2D eigenvalue weighted by Gasteiger charge is -2.28. The molecule has 4 heteroatoms. The molecule has 1 saturated heterocycles. The van der Waals surface area contributed by atoms with Crippen LogP contribution in [0.5, 0.6) is 5.75 Å². The van der Waals surface area contributed by atoms with Gasteiger partial charge in [-0.1, -0.05) is 43.8 Å². The van der Waals surface area contributed by atoms with E-state index in [0.717, 1.165) is 16.7 Å². The molecule has 0 aliphatic carbocycles. The predicted molar refractivity (Wildman–Crippen MR) is 80.9 cm³/mol. The SMILES string of the molecule is CC(C)C1CCSC(=NC2COc3ccccc32)N1. The normalized spacial score (nSPS) is 28.1. The number of fused-ring (bicyclic) bond motifs is 1. The quantitative estimate of drug-likeness (QED) is 0.900. The fraction of sp³-hybridized carbons (Fsp3) is 0.533. The van der Waals surface area contributed by atoms with Gasteiger partial charge in [-0.2, -0.15) is 0 Å². The van der Waals surface area contributed by atoms with Gasteiger partial charge >= 0.3 is 0 Å². The fourth-order valence-electron chi connectivity index (χ4n) is 2.52. The Balaban J connectivity index is 1.76. The molecule has 1 aromatic carbocycles. The molecule has 102 valence electrons. The van der Waals surface area contributed by atoms with Crippen molar-refractivity contribution in [3.63, 3.8) is 0 Å². The minimum atomic E-state index is 0.150. The Morgan fingerprint density at radius 2 is 2.21 bits per heavy atom. The van der Waals surface area contributed by atoms with E-state index in [1.165, 1.54) is 12.0 Å². The second kappa shape index (κ2) is 5.45. The predicted octanol–water partition coefficient (Wildman–Crippen LogP) is 3.23. The molecular formula is C15H20N2OS. The summed E-state index contributed by atoms with van der Waals surface area (Å²) in [5.74, 6) is 2.79. The van der Waals surface area contributed by atoms with Gasteiger partial charge in [0.15, 0.2) is 5.17 Å². The van der Waals surface area contributed by atoms with Gasteiger partial charge in [0.25, 0.3) is 0 Å². The van der Waals surface area contributed by atoms with Crippen molar-refractivity contribution in [2.45, 2.75) is 32.4 Å². The summed E-state index contributed by atoms with van der Waals surface area (Å²) in [6, 6.07) is 8.91. The van der Waals surface area contributed by atoms with E-state index in [0.29, 0.717) is 18.6 Å². The molecule has 0 amide bonds. The number of nitrogens with zero attached hydrogens (tertiary/aromatic N) is 1. The molecule has 2 heterocycles. The Kier molecular flexibility index (Phi) is 3.69. The van der Waals surface area contributed by atoms with Crippen LogP contribution in [0.1, 0.15) is 31.9 Å². The molecule has 1 aromatic rings. The summed E-state index contributed by atoms with van der Waals surface area (Å²) in [4.78, 5) is 4.85. The number of hydrogen-bond acceptors (Lipinski definition) is 3. The van der Waals surface area contributed by atoms with Crippen molar-refractivity contribution in [2.24, 2.45) is 10.9 Å². The third-order valence-corrected chi connectivity index (χ3v) is 4.67. The van der Waals surface area contributed by atoms with Crippen LogP contribution >= 0.6 is 11.8 Å². The zero-order valence-corrected chi connectivity index (χ0v) is 12.2. The van der Waals surface area contributed by atoms with Crippen molar-refractivity contribution in [1.82, 2.24) is 5.32 Å². The highest BCUT2D eigenvalue weighted by Gasteiger charge is 2.26. The van der Waals surface area contributed by atoms with Crippen LogP contribution in [0.15, 0.2) is 29.3 Å². The number of thioether (sulfide) groups is 1. The van der Waals surface area contributed by atoms with Crippen molar-refractivity contribution in [3.05, 3.63) is 29.8 Å². The maximum Gasteiger partial charge on any atom is 0.157 e. The molecule has 0 saturated carbocycles. The second-order valence-electron chi connectivity index (χ2n) is 5.43. The van der Waals surface area contributed by atoms with Gasteiger partial charge in [-0.25, -0.2) is 0 Å². The van der Waals surface area contributed by atoms with Gasteiger partial charge in [0, 0.05) is 17.4 Å². The van der Waals surface area contributed by atoms with Crippen molar-refractivity contribution < 1.29 is 4.74 Å². The fourth-order valence-corrected chi connectivity index (χ4v) is 3.53. The number of benzene rings is 1. The number of para-hydroxylation sites is 1. The lowest BCUT2D eigenvalue weighted by molar-refractivity contribution is 0.333. The van der Waals surface area contributed by atoms with Gasteiger partial charge in [-0.15, -0.1) is 0 Å². The first kappa shape index (κ1) is 12.9. The van der Waals surface area contributed by atoms with Crippen LogP contribution in [0.3, 0.4) is 0 Å². The van der Waals surface area contributed by atoms with Crippen LogP contribution in [0.4, 0.5) is 0 Å². The van der Waals surface area contributed by atoms with Crippen LogP contribution in [-0.2, 0) is 0 Å². The van der Waals surface area contributed by atoms with E-state index in [1.54, 1.807) is 0 Å². The minimum Gasteiger partial charge on any atom is -0.491 e. The first-order valence-corrected chi connectivity index (χ1v) is 7.91. The van der Waals surface area contributed by atoms with Gasteiger partial charge in [0.1, 0.15) is 18.4 Å². The van der Waals surface area contributed by atoms with Gasteiger partial charge in [0.2, 0.25) is 0 Å². The molecular weight excluding hydrogens is 256 g/mol. The van der Waals surface area contributed by atoms with Gasteiger partial charge in [-0.05, 0) is 18.4 Å². The molecule has 1 fully saturated rings. The molecule has 2 atom stereocenters. The Morgan fingerprint density at radius 3 is 3.05 bits per heavy atom. The maximum absolute atomic E-state index is 5.68. The van der Waals surface area contributed by atoms with Gasteiger partial charge in [0.05, 0.1) is 0 Å². The highest BCUT2D eigenvalue weighted by Crippen LogP contribution is 2.35. The third-order valence-electron chi connectivity index (χ3n) is 3.73. The summed E-state index contributed by atoms with van der Waals surface area (Å²) >= 11 is 1.83. The lowest BCUT2D eigenvalue weighted by atomic mass is 10.0. The van der Waals surface area contributed by atoms with Gasteiger partial charge < -0.3 is 10.1 Å². The molecule has 1 N–H and O–H groups in total. The standard InChI is InChI=1S/C15H20N2OS/c1-10(2)12-7-8-19-15(16-12)17-13-9-18-14-6-4-3-5-11(13)14/h3-6,10,12-13H,7-9H2,1-2H3,(H,16,17). The number of hydrogen-bond donors (Lipinski definition) is 1. The maximum atomic E-state index is 5.68. The lowest BCUT2D eigenvalue weighted by Crippen LogP contribution is -2.41. The Bertz CT molecular complexity index is 487. The third kappa shape index (κ3) is 2.73. The molecule has 0 spiro atoms. The second-order valence-corrected chi connectivity index (χ2v) is 6.51. The van der Waals surface area contributed by atoms with Crippen LogP contribution in [0.25, 0.3) is 0 Å². The highest BCUT2D eigenvalue weighted by atomic mass is 32.2. The van der Waals surface area contributed by atoms with E-state index in [2.05, 4.69) is 31.3 Å². The summed E-state index contributed by atoms with van der Waals surface area (Å²) in [5.41, 5.74) is 1.21. The summed E-state index contributed by atoms with van der Waals surface area (Å²) in [7, 11) is 0. The molecule has 3 rings (SSSR count). The zero-order valence-electron chi connectivity index (χ0n) is 11.4. The molecule has 3 nitrogen and oxygen atoms in total. The van der Waals surface area contributed by atoms with Crippen molar-refractivity contribution in [3.8, 4) is 5.75 Å². The number of aliphatic imine (C=N–C) groups is 1. The van der Waals surface area contributed by atoms with E-state index >= 15 is 0 Å². The van der Waals surface area contributed by atoms with Crippen LogP contribution in [0, 0.1) is 5.92 Å². The summed E-state index contributed by atoms with van der Waals surface area (Å²) in [6.45, 7) is 5.19. The number of amidine groups is 1. The largest absolute Gasteiger partial charge is 0.491 e. The molecule has 2 unspecified atom stereocenters. The van der Waals surface area contributed by atoms with E-state index in [9.17, 15) is 0 Å². The van der Waals surface area contributed by atoms with Gasteiger partial charge in [-0.3, -0.25) is 4.99 Å². The summed E-state index contributed by atoms with van der Waals surface area (Å²) in [5, 5.41) is 4.65. The van der Waals surface area contributed by atoms with E-state index in [1.807, 2.05) is 23.9 Å². The monoisotopic (exact) mass is 276 g/mol. The van der Waals surface area contributed by atoms with Crippen molar-refractivity contribution in [2.75, 3.05) is 12.4 Å². The smallest absolute Gasteiger partial charge is 0.157 e. The number of ether oxygens (including phenoxy) is 1. The van der Waals surface area contributed by atoms with Crippen molar-refractivity contribution in [1.29, 1.82) is 0 Å². The molecule has 0 aromatic heterocycles. The first-order chi connectivity index (χ1) is 9.24. The Hall–Kier alpha value is -1.16. The minimum absolute atomic E-state index is 0.150. The number of rotatable bonds is 2. The van der Waals surface area contributed by atoms with Crippen LogP contribution < -0.4 is 10.1 Å². The molecule has 0 bridgehead atoms. The average molecular weight is 276 g/mol. The molecule has 19 heavy (non-hydrogen) atoms. The van der Waals surface area contributed by atoms with E-state index in [-0.39, 0.29) is 6.04 Å². The Morgan fingerprint density at radius 1 is 1.37 bits per heavy atom. The van der Waals surface area contributed by atoms with E-state index in [4.69, 9.17) is 9.73 Å². The topological polar surface area (TPSA) is 33.6 Å². The zero-order chi connectivity index (χ0) is 13.2. The van der Waals surface area contributed by atoms with Crippen LogP contribution in [-0.4, -0.2) is 23.6 Å². The average Bonchev–Trinajstić information content (AvgIpc) is 2.83. The highest BCUT2D eigenvalue weighted by molar-refractivity contribution is 8.13. The van der Waals surface area contributed by atoms with Crippen LogP contribution in [0.2, 0.25) is 0 Å². The van der Waals surface area contributed by atoms with E-state index < -0.39 is 0 Å². The molecule has 0 radical (unpaired) electrons. The summed E-state index contributed by atoms with van der Waals surface area (Å²) < 4.78 is 5.68. The molecule has 2 aliphatic heterocycles. The summed E-state index contributed by atoms with van der Waals surface area (Å²) in [6.07, 6.45) is 1.22. The first-order valence-electron chi connectivity index (χ1n) is 6.93. The van der Waals surface area contributed by atoms with Crippen molar-refractivity contribution >= 4 is 16.9 Å². The number of nitrogens with one attached hydrogen (secondary N) is 1. The Labute approximate surface area is 118 Å².